The summed E-state index contributed by atoms with van der Waals surface area (Å²) < 4.78 is 4.69. The fourth-order valence-electron chi connectivity index (χ4n) is 10.3. The summed E-state index contributed by atoms with van der Waals surface area (Å²) in [5.74, 6) is -0.333. The van der Waals surface area contributed by atoms with Gasteiger partial charge in [0, 0.05) is 39.0 Å². The number of carbonyl (C=O) groups excluding carboxylic acids is 2. The topological polar surface area (TPSA) is 47.2 Å². The summed E-state index contributed by atoms with van der Waals surface area (Å²) in [4.78, 5) is 33.9. The van der Waals surface area contributed by atoms with Crippen molar-refractivity contribution in [2.24, 2.45) is 0 Å². The van der Waals surface area contributed by atoms with Gasteiger partial charge in [0.05, 0.1) is 33.2 Å². The first-order chi connectivity index (χ1) is 30.4. The molecule has 316 valence electrons. The highest BCUT2D eigenvalue weighted by Gasteiger charge is 2.43. The Hall–Kier alpha value is -6.02. The van der Waals surface area contributed by atoms with Crippen LogP contribution in [0.4, 0.5) is 0 Å². The van der Waals surface area contributed by atoms with Gasteiger partial charge in [0.15, 0.2) is 0 Å². The van der Waals surface area contributed by atoms with Crippen LogP contribution in [0.3, 0.4) is 0 Å². The molecule has 1 fully saturated rings. The molecule has 1 aliphatic carbocycles. The molecule has 0 unspecified atom stereocenters. The van der Waals surface area contributed by atoms with Crippen molar-refractivity contribution in [3.05, 3.63) is 157 Å². The van der Waals surface area contributed by atoms with Crippen molar-refractivity contribution in [2.75, 3.05) is 37.5 Å². The van der Waals surface area contributed by atoms with E-state index in [1.165, 1.54) is 42.4 Å². The number of hydrogen-bond acceptors (Lipinski definition) is 2. The van der Waals surface area contributed by atoms with Gasteiger partial charge in [0.2, 0.25) is 0 Å². The monoisotopic (exact) mass is 863 g/mol. The lowest BCUT2D eigenvalue weighted by Crippen LogP contribution is -2.41. The highest BCUT2D eigenvalue weighted by molar-refractivity contribution is 8.32. The molecule has 2 aliphatic rings. The van der Waals surface area contributed by atoms with Crippen molar-refractivity contribution >= 4 is 75.5 Å². The van der Waals surface area contributed by atoms with Crippen LogP contribution in [0.2, 0.25) is 0 Å². The van der Waals surface area contributed by atoms with Gasteiger partial charge in [-0.2, -0.15) is 0 Å². The maximum absolute atomic E-state index is 14.8. The Labute approximate surface area is 373 Å². The quantitative estimate of drug-likeness (QED) is 0.150. The minimum atomic E-state index is -0.896. The highest BCUT2D eigenvalue weighted by atomic mass is 32.3. The highest BCUT2D eigenvalue weighted by Crippen LogP contribution is 2.49. The minimum Gasteiger partial charge on any atom is -0.309 e. The zero-order chi connectivity index (χ0) is 43.4. The van der Waals surface area contributed by atoms with Gasteiger partial charge in [-0.25, -0.2) is 20.1 Å². The smallest absolute Gasteiger partial charge is 0.262 e. The van der Waals surface area contributed by atoms with Crippen molar-refractivity contribution in [2.45, 2.75) is 47.9 Å². The van der Waals surface area contributed by atoms with Crippen molar-refractivity contribution in [1.29, 1.82) is 0 Å². The molecule has 5 nitrogen and oxygen atoms in total. The Kier molecular flexibility index (Phi) is 9.34. The van der Waals surface area contributed by atoms with Crippen LogP contribution in [-0.2, 0) is 0 Å². The Balaban J connectivity index is 1.01. The average Bonchev–Trinajstić information content (AvgIpc) is 3.90. The summed E-state index contributed by atoms with van der Waals surface area (Å²) in [5, 5.41) is 4.99. The number of para-hydroxylation sites is 2. The number of amides is 2. The molecule has 0 atom stereocenters. The van der Waals surface area contributed by atoms with E-state index in [2.05, 4.69) is 192 Å². The first kappa shape index (κ1) is 39.8. The predicted octanol–water partition coefficient (Wildman–Crippen LogP) is 14.2. The van der Waals surface area contributed by atoms with E-state index < -0.39 is 20.1 Å². The number of carbonyl (C=O) groups is 2. The van der Waals surface area contributed by atoms with Crippen molar-refractivity contribution < 1.29 is 9.59 Å². The van der Waals surface area contributed by atoms with Crippen LogP contribution >= 0.6 is 20.1 Å². The van der Waals surface area contributed by atoms with Gasteiger partial charge in [0.1, 0.15) is 0 Å². The lowest BCUT2D eigenvalue weighted by molar-refractivity contribution is 0.0549. The number of imide groups is 1. The molecule has 0 bridgehead atoms. The second-order valence-electron chi connectivity index (χ2n) is 19.0. The standard InChI is InChI=1S/C56H53N3O2S2/c1-62(2,3)41-28-32-51-47(34-41)45-16-10-12-18-49(45)57(51)39-24-20-36(21-25-39)43-30-31-44(54-53(43)55(60)59(56(54)61)38-14-8-7-9-15-38)37-22-26-40(27-23-37)58-50-19-13-11-17-46(50)48-35-42(63(4,5)6)29-33-52(48)58/h10-13,16-35,38H,7-9,14-15H2,1-6H3. The molecule has 63 heavy (non-hydrogen) atoms. The zero-order valence-corrected chi connectivity index (χ0v) is 38.6. The number of nitrogens with zero attached hydrogens (tertiary/aromatic N) is 3. The summed E-state index contributed by atoms with van der Waals surface area (Å²) in [6, 6.07) is 52.3. The Morgan fingerprint density at radius 3 is 1.24 bits per heavy atom. The van der Waals surface area contributed by atoms with Crippen LogP contribution in [0.1, 0.15) is 52.8 Å². The van der Waals surface area contributed by atoms with Crippen molar-refractivity contribution in [1.82, 2.24) is 14.0 Å². The molecule has 9 aromatic rings. The third-order valence-corrected chi connectivity index (χ3v) is 16.9. The Morgan fingerprint density at radius 1 is 0.429 bits per heavy atom. The van der Waals surface area contributed by atoms with E-state index in [4.69, 9.17) is 0 Å². The fraction of sp³-hybridized carbons (Fsp3) is 0.214. The second-order valence-corrected chi connectivity index (χ2v) is 27.3. The number of hydrogen-bond donors (Lipinski definition) is 0. The van der Waals surface area contributed by atoms with Gasteiger partial charge in [-0.3, -0.25) is 14.5 Å². The van der Waals surface area contributed by atoms with Crippen LogP contribution in [0.15, 0.2) is 155 Å². The van der Waals surface area contributed by atoms with E-state index >= 15 is 0 Å². The minimum absolute atomic E-state index is 0.0805. The average molecular weight is 864 g/mol. The third kappa shape index (κ3) is 6.45. The lowest BCUT2D eigenvalue weighted by Gasteiger charge is -2.29. The van der Waals surface area contributed by atoms with E-state index in [9.17, 15) is 9.59 Å². The van der Waals surface area contributed by atoms with E-state index in [0.717, 1.165) is 76.8 Å². The summed E-state index contributed by atoms with van der Waals surface area (Å²) in [7, 11) is -1.79. The maximum atomic E-state index is 14.8. The Morgan fingerprint density at radius 2 is 0.825 bits per heavy atom. The van der Waals surface area contributed by atoms with E-state index in [0.29, 0.717) is 11.1 Å². The number of rotatable bonds is 7. The second kappa shape index (κ2) is 14.8. The molecule has 3 heterocycles. The molecule has 0 radical (unpaired) electrons. The first-order valence-corrected chi connectivity index (χ1v) is 27.8. The van der Waals surface area contributed by atoms with E-state index in [-0.39, 0.29) is 17.9 Å². The van der Waals surface area contributed by atoms with E-state index in [1.54, 1.807) is 4.90 Å². The summed E-state index contributed by atoms with van der Waals surface area (Å²) >= 11 is 0. The van der Waals surface area contributed by atoms with Gasteiger partial charge in [-0.15, -0.1) is 0 Å². The van der Waals surface area contributed by atoms with Crippen LogP contribution in [0.25, 0.3) is 77.2 Å². The van der Waals surface area contributed by atoms with Crippen molar-refractivity contribution in [3.8, 4) is 33.6 Å². The molecule has 0 N–H and O–H groups in total. The molecular formula is C56H53N3O2S2. The summed E-state index contributed by atoms with van der Waals surface area (Å²) in [6.45, 7) is 0. The molecule has 0 saturated heterocycles. The van der Waals surface area contributed by atoms with Crippen LogP contribution < -0.4 is 0 Å². The first-order valence-electron chi connectivity index (χ1n) is 22.1. The third-order valence-electron chi connectivity index (χ3n) is 13.6. The lowest BCUT2D eigenvalue weighted by atomic mass is 9.90. The molecule has 11 rings (SSSR count). The van der Waals surface area contributed by atoms with Crippen LogP contribution in [0, 0.1) is 0 Å². The SMILES string of the molecule is CS(C)(C)c1ccc2c(c1)c1ccccc1n2-c1ccc(-c2ccc(-c3ccc(-n4c5ccccc5c5cc(S(C)(C)C)ccc54)cc3)c3c2C(=O)N(C2CCCCC2)C3=O)cc1. The van der Waals surface area contributed by atoms with Gasteiger partial charge in [-0.05, 0) is 155 Å². The van der Waals surface area contributed by atoms with Crippen LogP contribution in [0.5, 0.6) is 0 Å². The van der Waals surface area contributed by atoms with Crippen molar-refractivity contribution in [3.63, 3.8) is 0 Å². The van der Waals surface area contributed by atoms with Gasteiger partial charge < -0.3 is 9.13 Å². The largest absolute Gasteiger partial charge is 0.309 e. The van der Waals surface area contributed by atoms with E-state index in [1.807, 2.05) is 0 Å². The summed E-state index contributed by atoms with van der Waals surface area (Å²) in [6.07, 6.45) is 19.0. The number of aromatic nitrogens is 2. The molecule has 1 aliphatic heterocycles. The number of fused-ring (bicyclic) bond motifs is 7. The molecule has 0 spiro atoms. The number of benzene rings is 7. The molecule has 7 aromatic carbocycles. The van der Waals surface area contributed by atoms with Crippen LogP contribution in [-0.4, -0.2) is 69.4 Å². The summed E-state index contributed by atoms with van der Waals surface area (Å²) in [5.41, 5.74) is 11.3. The Bertz CT molecular complexity index is 3100. The van der Waals surface area contributed by atoms with Gasteiger partial charge >= 0.3 is 0 Å². The fourth-order valence-corrected chi connectivity index (χ4v) is 12.2. The zero-order valence-electron chi connectivity index (χ0n) is 36.9. The molecular weight excluding hydrogens is 811 g/mol. The molecule has 2 amide bonds. The molecule has 7 heteroatoms. The van der Waals surface area contributed by atoms with Gasteiger partial charge in [0.25, 0.3) is 11.8 Å². The maximum Gasteiger partial charge on any atom is 0.262 e. The normalized spacial score (nSPS) is 15.6. The molecule has 1 saturated carbocycles. The predicted molar refractivity (Wildman–Crippen MR) is 271 cm³/mol. The molecule has 2 aromatic heterocycles. The van der Waals surface area contributed by atoms with Gasteiger partial charge in [-0.1, -0.05) is 92.1 Å².